The molecule has 1 amide bonds. The van der Waals surface area contributed by atoms with Gasteiger partial charge in [-0.3, -0.25) is 4.79 Å². The Bertz CT molecular complexity index is 663. The molecule has 0 aliphatic rings. The summed E-state index contributed by atoms with van der Waals surface area (Å²) in [7, 11) is 5.76. The molecule has 0 aliphatic heterocycles. The Hall–Kier alpha value is -2.82. The van der Waals surface area contributed by atoms with Crippen molar-refractivity contribution < 1.29 is 4.79 Å². The fourth-order valence-corrected chi connectivity index (χ4v) is 1.98. The highest BCUT2D eigenvalue weighted by molar-refractivity contribution is 5.99. The predicted molar refractivity (Wildman–Crippen MR) is 91.8 cm³/mol. The summed E-state index contributed by atoms with van der Waals surface area (Å²) >= 11 is 0. The molecule has 0 spiro atoms. The molecule has 0 aromatic heterocycles. The summed E-state index contributed by atoms with van der Waals surface area (Å²) in [6, 6.07) is 15.2. The average molecular weight is 296 g/mol. The quantitative estimate of drug-likeness (QED) is 0.658. The van der Waals surface area contributed by atoms with Crippen molar-refractivity contribution in [2.45, 2.75) is 0 Å². The molecule has 114 valence electrons. The SMILES string of the molecule is CNc1ccccc1C(=O)NN=Cc1ccc(N(C)C)cc1. The summed E-state index contributed by atoms with van der Waals surface area (Å²) in [5.74, 6) is -0.244. The molecule has 0 atom stereocenters. The van der Waals surface area contributed by atoms with Crippen molar-refractivity contribution in [3.05, 3.63) is 59.7 Å². The van der Waals surface area contributed by atoms with Crippen molar-refractivity contribution in [2.75, 3.05) is 31.4 Å². The number of anilines is 2. The fraction of sp³-hybridized carbons (Fsp3) is 0.176. The molecule has 0 fully saturated rings. The number of hydrogen-bond donors (Lipinski definition) is 2. The van der Waals surface area contributed by atoms with E-state index in [-0.39, 0.29) is 5.91 Å². The Balaban J connectivity index is 2.01. The van der Waals surface area contributed by atoms with Gasteiger partial charge in [0.15, 0.2) is 0 Å². The van der Waals surface area contributed by atoms with E-state index >= 15 is 0 Å². The monoisotopic (exact) mass is 296 g/mol. The standard InChI is InChI=1S/C17H20N4O/c1-18-16-7-5-4-6-15(16)17(22)20-19-12-13-8-10-14(11-9-13)21(2)3/h4-12,18H,1-3H3,(H,20,22). The Morgan fingerprint density at radius 3 is 2.41 bits per heavy atom. The van der Waals surface area contributed by atoms with Gasteiger partial charge in [-0.15, -0.1) is 0 Å². The van der Waals surface area contributed by atoms with Gasteiger partial charge in [0, 0.05) is 32.5 Å². The minimum Gasteiger partial charge on any atom is -0.387 e. The van der Waals surface area contributed by atoms with Crippen LogP contribution in [0.4, 0.5) is 11.4 Å². The molecule has 2 N–H and O–H groups in total. The molecule has 2 rings (SSSR count). The van der Waals surface area contributed by atoms with Crippen molar-refractivity contribution in [1.82, 2.24) is 5.43 Å². The van der Waals surface area contributed by atoms with Crippen LogP contribution < -0.4 is 15.6 Å². The molecule has 5 nitrogen and oxygen atoms in total. The first-order valence-corrected chi connectivity index (χ1v) is 6.99. The number of nitrogens with zero attached hydrogens (tertiary/aromatic N) is 2. The van der Waals surface area contributed by atoms with Crippen molar-refractivity contribution in [2.24, 2.45) is 5.10 Å². The van der Waals surface area contributed by atoms with E-state index in [0.717, 1.165) is 16.9 Å². The normalized spacial score (nSPS) is 10.5. The number of para-hydroxylation sites is 1. The smallest absolute Gasteiger partial charge is 0.273 e. The van der Waals surface area contributed by atoms with Gasteiger partial charge in [-0.1, -0.05) is 24.3 Å². The first-order chi connectivity index (χ1) is 10.6. The van der Waals surface area contributed by atoms with E-state index < -0.39 is 0 Å². The minimum absolute atomic E-state index is 0.244. The zero-order chi connectivity index (χ0) is 15.9. The van der Waals surface area contributed by atoms with Gasteiger partial charge in [-0.05, 0) is 29.8 Å². The molecule has 0 aliphatic carbocycles. The van der Waals surface area contributed by atoms with Gasteiger partial charge in [-0.2, -0.15) is 5.10 Å². The van der Waals surface area contributed by atoms with Crippen molar-refractivity contribution in [3.8, 4) is 0 Å². The summed E-state index contributed by atoms with van der Waals surface area (Å²) in [6.07, 6.45) is 1.62. The third-order valence-electron chi connectivity index (χ3n) is 3.23. The van der Waals surface area contributed by atoms with E-state index in [1.165, 1.54) is 0 Å². The highest BCUT2D eigenvalue weighted by Gasteiger charge is 2.08. The molecule has 0 bridgehead atoms. The molecule has 0 unspecified atom stereocenters. The van der Waals surface area contributed by atoms with E-state index in [2.05, 4.69) is 15.8 Å². The molecule has 2 aromatic rings. The van der Waals surface area contributed by atoms with Crippen molar-refractivity contribution >= 4 is 23.5 Å². The van der Waals surface area contributed by atoms with Crippen LogP contribution in [0, 0.1) is 0 Å². The zero-order valence-corrected chi connectivity index (χ0v) is 13.0. The molecule has 2 aromatic carbocycles. The van der Waals surface area contributed by atoms with Gasteiger partial charge in [0.05, 0.1) is 11.8 Å². The van der Waals surface area contributed by atoms with Gasteiger partial charge in [0.25, 0.3) is 5.91 Å². The number of benzene rings is 2. The largest absolute Gasteiger partial charge is 0.387 e. The second-order valence-corrected chi connectivity index (χ2v) is 4.98. The lowest BCUT2D eigenvalue weighted by Gasteiger charge is -2.11. The van der Waals surface area contributed by atoms with E-state index in [1.54, 1.807) is 19.3 Å². The number of carbonyl (C=O) groups is 1. The molecule has 0 radical (unpaired) electrons. The number of hydrogen-bond acceptors (Lipinski definition) is 4. The number of nitrogens with one attached hydrogen (secondary N) is 2. The third-order valence-corrected chi connectivity index (χ3v) is 3.23. The van der Waals surface area contributed by atoms with Crippen LogP contribution in [-0.2, 0) is 0 Å². The number of hydrazone groups is 1. The molecule has 0 heterocycles. The van der Waals surface area contributed by atoms with E-state index in [4.69, 9.17) is 0 Å². The van der Waals surface area contributed by atoms with Crippen molar-refractivity contribution in [1.29, 1.82) is 0 Å². The molecule has 0 saturated heterocycles. The maximum Gasteiger partial charge on any atom is 0.273 e. The molecule has 22 heavy (non-hydrogen) atoms. The zero-order valence-electron chi connectivity index (χ0n) is 13.0. The van der Waals surface area contributed by atoms with Crippen LogP contribution in [0.2, 0.25) is 0 Å². The Morgan fingerprint density at radius 1 is 1.09 bits per heavy atom. The Kier molecular flexibility index (Phi) is 5.14. The van der Waals surface area contributed by atoms with Crippen molar-refractivity contribution in [3.63, 3.8) is 0 Å². The summed E-state index contributed by atoms with van der Waals surface area (Å²) < 4.78 is 0. The Labute approximate surface area is 130 Å². The van der Waals surface area contributed by atoms with E-state index in [9.17, 15) is 4.79 Å². The first-order valence-electron chi connectivity index (χ1n) is 6.99. The Morgan fingerprint density at radius 2 is 1.77 bits per heavy atom. The number of rotatable bonds is 5. The van der Waals surface area contributed by atoms with E-state index in [0.29, 0.717) is 5.56 Å². The third kappa shape index (κ3) is 3.85. The highest BCUT2D eigenvalue weighted by atomic mass is 16.2. The molecular formula is C17H20N4O. The highest BCUT2D eigenvalue weighted by Crippen LogP contribution is 2.14. The summed E-state index contributed by atoms with van der Waals surface area (Å²) in [6.45, 7) is 0. The van der Waals surface area contributed by atoms with Crippen LogP contribution >= 0.6 is 0 Å². The maximum atomic E-state index is 12.1. The first kappa shape index (κ1) is 15.6. The lowest BCUT2D eigenvalue weighted by molar-refractivity contribution is 0.0956. The predicted octanol–water partition coefficient (Wildman–Crippen LogP) is 2.56. The second-order valence-electron chi connectivity index (χ2n) is 4.98. The van der Waals surface area contributed by atoms with Gasteiger partial charge < -0.3 is 10.2 Å². The summed E-state index contributed by atoms with van der Waals surface area (Å²) in [5, 5.41) is 6.99. The van der Waals surface area contributed by atoms with Gasteiger partial charge in [0.1, 0.15) is 0 Å². The van der Waals surface area contributed by atoms with Crippen LogP contribution in [0.25, 0.3) is 0 Å². The molecular weight excluding hydrogens is 276 g/mol. The van der Waals surface area contributed by atoms with Crippen LogP contribution in [-0.4, -0.2) is 33.3 Å². The summed E-state index contributed by atoms with van der Waals surface area (Å²) in [5.41, 5.74) is 5.91. The lowest BCUT2D eigenvalue weighted by atomic mass is 10.1. The number of amides is 1. The van der Waals surface area contributed by atoms with Crippen LogP contribution in [0.5, 0.6) is 0 Å². The molecule has 5 heteroatoms. The minimum atomic E-state index is -0.244. The fourth-order valence-electron chi connectivity index (χ4n) is 1.98. The van der Waals surface area contributed by atoms with Gasteiger partial charge in [-0.25, -0.2) is 5.43 Å². The molecule has 0 saturated carbocycles. The second kappa shape index (κ2) is 7.26. The van der Waals surface area contributed by atoms with E-state index in [1.807, 2.05) is 61.5 Å². The van der Waals surface area contributed by atoms with Gasteiger partial charge in [0.2, 0.25) is 0 Å². The number of carbonyl (C=O) groups excluding carboxylic acids is 1. The topological polar surface area (TPSA) is 56.7 Å². The van der Waals surface area contributed by atoms with Crippen LogP contribution in [0.15, 0.2) is 53.6 Å². The van der Waals surface area contributed by atoms with Gasteiger partial charge >= 0.3 is 0 Å². The average Bonchev–Trinajstić information content (AvgIpc) is 2.55. The summed E-state index contributed by atoms with van der Waals surface area (Å²) in [4.78, 5) is 14.1. The van der Waals surface area contributed by atoms with Crippen LogP contribution in [0.3, 0.4) is 0 Å². The van der Waals surface area contributed by atoms with Crippen LogP contribution in [0.1, 0.15) is 15.9 Å². The lowest BCUT2D eigenvalue weighted by Crippen LogP contribution is -2.19. The maximum absolute atomic E-state index is 12.1.